The van der Waals surface area contributed by atoms with Crippen LogP contribution >= 0.6 is 0 Å². The van der Waals surface area contributed by atoms with Gasteiger partial charge in [0.2, 0.25) is 0 Å². The molecule has 0 bridgehead atoms. The summed E-state index contributed by atoms with van der Waals surface area (Å²) in [5, 5.41) is 3.00. The van der Waals surface area contributed by atoms with E-state index < -0.39 is 11.6 Å². The smallest absolute Gasteiger partial charge is 0.160 e. The molecule has 23 heavy (non-hydrogen) atoms. The highest BCUT2D eigenvalue weighted by Gasteiger charge is 2.22. The summed E-state index contributed by atoms with van der Waals surface area (Å²) >= 11 is 0. The Morgan fingerprint density at radius 3 is 2.83 bits per heavy atom. The van der Waals surface area contributed by atoms with Crippen LogP contribution in [-0.2, 0) is 0 Å². The summed E-state index contributed by atoms with van der Waals surface area (Å²) in [6.07, 6.45) is 6.16. The van der Waals surface area contributed by atoms with Crippen molar-refractivity contribution in [3.05, 3.63) is 42.2 Å². The first-order chi connectivity index (χ1) is 11.2. The van der Waals surface area contributed by atoms with Crippen molar-refractivity contribution in [1.29, 1.82) is 0 Å². The monoisotopic (exact) mass is 318 g/mol. The van der Waals surface area contributed by atoms with E-state index in [1.54, 1.807) is 0 Å². The summed E-state index contributed by atoms with van der Waals surface area (Å²) < 4.78 is 26.3. The molecule has 1 fully saturated rings. The van der Waals surface area contributed by atoms with Crippen molar-refractivity contribution in [3.8, 4) is 0 Å². The van der Waals surface area contributed by atoms with Crippen LogP contribution in [-0.4, -0.2) is 22.6 Å². The minimum absolute atomic E-state index is 0.458. The molecule has 1 aliphatic rings. The van der Waals surface area contributed by atoms with Crippen LogP contribution in [0.15, 0.2) is 30.6 Å². The lowest BCUT2D eigenvalue weighted by atomic mass is 10.0. The number of hydrogen-bond donors (Lipinski definition) is 1. The summed E-state index contributed by atoms with van der Waals surface area (Å²) in [6, 6.07) is 6.05. The van der Waals surface area contributed by atoms with Gasteiger partial charge in [-0.1, -0.05) is 6.92 Å². The van der Waals surface area contributed by atoms with Gasteiger partial charge in [0.15, 0.2) is 11.6 Å². The minimum Gasteiger partial charge on any atom is -0.353 e. The quantitative estimate of drug-likeness (QED) is 0.914. The second kappa shape index (κ2) is 6.89. The zero-order valence-corrected chi connectivity index (χ0v) is 13.1. The molecule has 4 nitrogen and oxygen atoms in total. The Hall–Kier alpha value is -2.24. The van der Waals surface area contributed by atoms with Crippen LogP contribution in [0.25, 0.3) is 0 Å². The molecule has 122 valence electrons. The van der Waals surface area contributed by atoms with E-state index in [1.807, 2.05) is 6.07 Å². The lowest BCUT2D eigenvalue weighted by Gasteiger charge is -2.36. The Morgan fingerprint density at radius 1 is 1.17 bits per heavy atom. The normalized spacial score (nSPS) is 18.0. The van der Waals surface area contributed by atoms with E-state index in [9.17, 15) is 8.78 Å². The van der Waals surface area contributed by atoms with Gasteiger partial charge in [0.25, 0.3) is 0 Å². The van der Waals surface area contributed by atoms with Gasteiger partial charge in [0, 0.05) is 30.4 Å². The topological polar surface area (TPSA) is 41.0 Å². The second-order valence-corrected chi connectivity index (χ2v) is 5.77. The van der Waals surface area contributed by atoms with Crippen LogP contribution in [0.2, 0.25) is 0 Å². The molecule has 6 heteroatoms. The molecule has 2 aromatic rings. The first-order valence-electron chi connectivity index (χ1n) is 7.98. The van der Waals surface area contributed by atoms with Gasteiger partial charge in [-0.15, -0.1) is 0 Å². The highest BCUT2D eigenvalue weighted by atomic mass is 19.2. The molecule has 1 aromatic carbocycles. The van der Waals surface area contributed by atoms with Crippen molar-refractivity contribution in [3.63, 3.8) is 0 Å². The Balaban J connectivity index is 1.80. The molecule has 0 spiro atoms. The number of hydrogen-bond acceptors (Lipinski definition) is 4. The molecule has 1 saturated heterocycles. The first kappa shape index (κ1) is 15.6. The van der Waals surface area contributed by atoms with Crippen LogP contribution in [0.3, 0.4) is 0 Å². The predicted octanol–water partition coefficient (Wildman–Crippen LogP) is 4.27. The highest BCUT2D eigenvalue weighted by Crippen LogP contribution is 2.26. The van der Waals surface area contributed by atoms with Gasteiger partial charge in [-0.25, -0.2) is 18.7 Å². The number of piperidine rings is 1. The first-order valence-corrected chi connectivity index (χ1v) is 7.98. The van der Waals surface area contributed by atoms with Crippen LogP contribution < -0.4 is 10.2 Å². The van der Waals surface area contributed by atoms with Gasteiger partial charge >= 0.3 is 0 Å². The zero-order chi connectivity index (χ0) is 16.2. The molecule has 2 heterocycles. The molecule has 1 N–H and O–H groups in total. The number of rotatable bonds is 4. The molecule has 1 aliphatic heterocycles. The molecule has 0 saturated carbocycles. The molecule has 1 atom stereocenters. The Labute approximate surface area is 134 Å². The van der Waals surface area contributed by atoms with Crippen LogP contribution in [0, 0.1) is 11.6 Å². The van der Waals surface area contributed by atoms with E-state index in [1.165, 1.54) is 25.2 Å². The largest absolute Gasteiger partial charge is 0.353 e. The lowest BCUT2D eigenvalue weighted by Crippen LogP contribution is -2.39. The van der Waals surface area contributed by atoms with Gasteiger partial charge in [-0.3, -0.25) is 0 Å². The van der Waals surface area contributed by atoms with Crippen molar-refractivity contribution in [2.75, 3.05) is 16.8 Å². The van der Waals surface area contributed by atoms with Crippen LogP contribution in [0.5, 0.6) is 0 Å². The molecule has 0 amide bonds. The predicted molar refractivity (Wildman–Crippen MR) is 86.9 cm³/mol. The summed E-state index contributed by atoms with van der Waals surface area (Å²) in [5.41, 5.74) is 0.458. The van der Waals surface area contributed by atoms with Crippen molar-refractivity contribution in [1.82, 2.24) is 9.97 Å². The number of benzene rings is 1. The average molecular weight is 318 g/mol. The zero-order valence-electron chi connectivity index (χ0n) is 13.1. The van der Waals surface area contributed by atoms with Crippen molar-refractivity contribution in [2.24, 2.45) is 0 Å². The highest BCUT2D eigenvalue weighted by molar-refractivity contribution is 5.59. The van der Waals surface area contributed by atoms with E-state index in [0.29, 0.717) is 17.5 Å². The fraction of sp³-hybridized carbons (Fsp3) is 0.412. The number of anilines is 3. The van der Waals surface area contributed by atoms with Gasteiger partial charge in [-0.2, -0.15) is 0 Å². The molecule has 3 rings (SSSR count). The van der Waals surface area contributed by atoms with Gasteiger partial charge < -0.3 is 10.2 Å². The molecule has 0 aliphatic carbocycles. The summed E-state index contributed by atoms with van der Waals surface area (Å²) in [7, 11) is 0. The fourth-order valence-corrected chi connectivity index (χ4v) is 3.02. The molecule has 1 unspecified atom stereocenters. The van der Waals surface area contributed by atoms with Gasteiger partial charge in [-0.05, 0) is 37.8 Å². The van der Waals surface area contributed by atoms with E-state index in [0.717, 1.165) is 37.3 Å². The number of aromatic nitrogens is 2. The van der Waals surface area contributed by atoms with Crippen LogP contribution in [0.1, 0.15) is 32.6 Å². The fourth-order valence-electron chi connectivity index (χ4n) is 3.02. The maximum absolute atomic E-state index is 13.3. The van der Waals surface area contributed by atoms with E-state index in [4.69, 9.17) is 0 Å². The summed E-state index contributed by atoms with van der Waals surface area (Å²) in [5.74, 6) is -0.303. The SMILES string of the molecule is CCC1CCCCN1c1cc(Nc2ccc(F)c(F)c2)ncn1. The maximum Gasteiger partial charge on any atom is 0.160 e. The number of halogens is 2. The lowest BCUT2D eigenvalue weighted by molar-refractivity contribution is 0.446. The second-order valence-electron chi connectivity index (χ2n) is 5.77. The minimum atomic E-state index is -0.883. The third-order valence-electron chi connectivity index (χ3n) is 4.24. The Bertz CT molecular complexity index is 677. The maximum atomic E-state index is 13.3. The van der Waals surface area contributed by atoms with Crippen LogP contribution in [0.4, 0.5) is 26.1 Å². The molecular weight excluding hydrogens is 298 g/mol. The Kier molecular flexibility index (Phi) is 4.69. The van der Waals surface area contributed by atoms with E-state index >= 15 is 0 Å². The molecule has 0 radical (unpaired) electrons. The Morgan fingerprint density at radius 2 is 2.04 bits per heavy atom. The van der Waals surface area contributed by atoms with E-state index in [-0.39, 0.29) is 0 Å². The van der Waals surface area contributed by atoms with Gasteiger partial charge in [0.05, 0.1) is 0 Å². The number of nitrogens with zero attached hydrogens (tertiary/aromatic N) is 3. The van der Waals surface area contributed by atoms with Gasteiger partial charge in [0.1, 0.15) is 18.0 Å². The van der Waals surface area contributed by atoms with E-state index in [2.05, 4.69) is 27.1 Å². The summed E-state index contributed by atoms with van der Waals surface area (Å²) in [6.45, 7) is 3.17. The third-order valence-corrected chi connectivity index (χ3v) is 4.24. The van der Waals surface area contributed by atoms with Crippen molar-refractivity contribution in [2.45, 2.75) is 38.6 Å². The van der Waals surface area contributed by atoms with Crippen molar-refractivity contribution >= 4 is 17.3 Å². The molecular formula is C17H20F2N4. The van der Waals surface area contributed by atoms with Crippen molar-refractivity contribution < 1.29 is 8.78 Å². The number of nitrogens with one attached hydrogen (secondary N) is 1. The average Bonchev–Trinajstić information content (AvgIpc) is 2.58. The standard InChI is InChI=1S/C17H20F2N4/c1-2-13-5-3-4-8-23(13)17-10-16(20-11-21-17)22-12-6-7-14(18)15(19)9-12/h6-7,9-11,13H,2-5,8H2,1H3,(H,20,21,22). The molecule has 1 aromatic heterocycles. The third kappa shape index (κ3) is 3.57. The summed E-state index contributed by atoms with van der Waals surface area (Å²) in [4.78, 5) is 10.8.